The molecule has 3 N–H and O–H groups in total. The maximum Gasteiger partial charge on any atom is 0.162 e. The van der Waals surface area contributed by atoms with Crippen LogP contribution < -0.4 is 10.2 Å². The van der Waals surface area contributed by atoms with Gasteiger partial charge in [0.2, 0.25) is 0 Å². The predicted molar refractivity (Wildman–Crippen MR) is 48.0 cm³/mol. The van der Waals surface area contributed by atoms with Gasteiger partial charge in [-0.05, 0) is 13.0 Å². The van der Waals surface area contributed by atoms with E-state index in [1.807, 2.05) is 0 Å². The fourth-order valence-corrected chi connectivity index (χ4v) is 1.12. The number of aromatic hydroxyl groups is 1. The first-order chi connectivity index (χ1) is 6.20. The van der Waals surface area contributed by atoms with Gasteiger partial charge in [-0.3, -0.25) is 0 Å². The van der Waals surface area contributed by atoms with Crippen molar-refractivity contribution in [2.24, 2.45) is 0 Å². The van der Waals surface area contributed by atoms with E-state index in [9.17, 15) is 5.11 Å². The van der Waals surface area contributed by atoms with Crippen LogP contribution in [0, 0.1) is 0 Å². The van der Waals surface area contributed by atoms with E-state index in [2.05, 4.69) is 5.48 Å². The van der Waals surface area contributed by atoms with Crippen LogP contribution in [0.1, 0.15) is 18.5 Å². The van der Waals surface area contributed by atoms with Gasteiger partial charge in [-0.25, -0.2) is 0 Å². The van der Waals surface area contributed by atoms with E-state index in [0.717, 1.165) is 0 Å². The smallest absolute Gasteiger partial charge is 0.162 e. The molecule has 0 fully saturated rings. The molecule has 0 amide bonds. The first-order valence-electron chi connectivity index (χ1n) is 3.96. The van der Waals surface area contributed by atoms with Crippen molar-refractivity contribution in [3.8, 4) is 11.5 Å². The second kappa shape index (κ2) is 4.11. The quantitative estimate of drug-likeness (QED) is 0.620. The molecule has 0 saturated heterocycles. The summed E-state index contributed by atoms with van der Waals surface area (Å²) >= 11 is 0. The van der Waals surface area contributed by atoms with E-state index < -0.39 is 0 Å². The Labute approximate surface area is 76.7 Å². The highest BCUT2D eigenvalue weighted by molar-refractivity contribution is 5.46. The highest BCUT2D eigenvalue weighted by atomic mass is 16.5. The minimum Gasteiger partial charge on any atom is -0.504 e. The summed E-state index contributed by atoms with van der Waals surface area (Å²) < 4.78 is 4.92. The zero-order valence-electron chi connectivity index (χ0n) is 7.61. The monoisotopic (exact) mass is 183 g/mol. The van der Waals surface area contributed by atoms with Gasteiger partial charge in [-0.1, -0.05) is 12.1 Å². The standard InChI is InChI=1S/C9H13NO3/c1-6(10-12)7-4-3-5-8(13-2)9(7)11/h3-6,10-12H,1-2H3. The lowest BCUT2D eigenvalue weighted by molar-refractivity contribution is 0.132. The molecule has 72 valence electrons. The molecule has 1 aromatic rings. The Hall–Kier alpha value is -1.26. The predicted octanol–water partition coefficient (Wildman–Crippen LogP) is 1.44. The summed E-state index contributed by atoms with van der Waals surface area (Å²) in [4.78, 5) is 0. The van der Waals surface area contributed by atoms with Crippen molar-refractivity contribution < 1.29 is 15.1 Å². The minimum absolute atomic E-state index is 0.0547. The van der Waals surface area contributed by atoms with E-state index in [1.165, 1.54) is 7.11 Å². The number of para-hydroxylation sites is 1. The third-order valence-electron chi connectivity index (χ3n) is 1.91. The summed E-state index contributed by atoms with van der Waals surface area (Å²) in [6.45, 7) is 1.73. The number of nitrogens with one attached hydrogen (secondary N) is 1. The lowest BCUT2D eigenvalue weighted by Gasteiger charge is -2.13. The Kier molecular flexibility index (Phi) is 3.11. The van der Waals surface area contributed by atoms with Crippen LogP contribution in [0.4, 0.5) is 0 Å². The van der Waals surface area contributed by atoms with Gasteiger partial charge in [0.15, 0.2) is 11.5 Å². The number of methoxy groups -OCH3 is 1. The fourth-order valence-electron chi connectivity index (χ4n) is 1.12. The SMILES string of the molecule is COc1cccc(C(C)NO)c1O. The van der Waals surface area contributed by atoms with E-state index in [1.54, 1.807) is 25.1 Å². The minimum atomic E-state index is -0.324. The Balaban J connectivity index is 3.08. The molecular formula is C9H13NO3. The lowest BCUT2D eigenvalue weighted by atomic mass is 10.1. The van der Waals surface area contributed by atoms with Crippen molar-refractivity contribution in [1.29, 1.82) is 0 Å². The molecule has 1 rings (SSSR count). The summed E-state index contributed by atoms with van der Waals surface area (Å²) in [5.74, 6) is 0.457. The number of rotatable bonds is 3. The Bertz CT molecular complexity index is 288. The molecule has 0 aliphatic rings. The number of hydrogen-bond donors (Lipinski definition) is 3. The molecule has 13 heavy (non-hydrogen) atoms. The van der Waals surface area contributed by atoms with Crippen LogP contribution in [0.2, 0.25) is 0 Å². The van der Waals surface area contributed by atoms with Crippen LogP contribution in [0.15, 0.2) is 18.2 Å². The summed E-state index contributed by atoms with van der Waals surface area (Å²) in [7, 11) is 1.48. The fraction of sp³-hybridized carbons (Fsp3) is 0.333. The molecule has 0 heterocycles. The summed E-state index contributed by atoms with van der Waals surface area (Å²) in [6, 6.07) is 4.80. The van der Waals surface area contributed by atoms with Gasteiger partial charge in [0.25, 0.3) is 0 Å². The number of ether oxygens (including phenoxy) is 1. The second-order valence-corrected chi connectivity index (χ2v) is 2.75. The van der Waals surface area contributed by atoms with Crippen molar-refractivity contribution >= 4 is 0 Å². The van der Waals surface area contributed by atoms with Crippen LogP contribution in [0.25, 0.3) is 0 Å². The van der Waals surface area contributed by atoms with E-state index in [4.69, 9.17) is 9.94 Å². The zero-order valence-corrected chi connectivity index (χ0v) is 7.61. The average Bonchev–Trinajstić information content (AvgIpc) is 2.17. The van der Waals surface area contributed by atoms with Gasteiger partial charge in [-0.15, -0.1) is 0 Å². The summed E-state index contributed by atoms with van der Waals surface area (Å²) in [5.41, 5.74) is 2.66. The molecule has 0 aliphatic heterocycles. The van der Waals surface area contributed by atoms with Gasteiger partial charge in [0.1, 0.15) is 0 Å². The molecule has 0 spiro atoms. The Morgan fingerprint density at radius 1 is 1.46 bits per heavy atom. The van der Waals surface area contributed by atoms with Gasteiger partial charge in [0, 0.05) is 5.56 Å². The van der Waals surface area contributed by atoms with Crippen LogP contribution in [-0.2, 0) is 0 Å². The largest absolute Gasteiger partial charge is 0.504 e. The Morgan fingerprint density at radius 2 is 2.15 bits per heavy atom. The first-order valence-corrected chi connectivity index (χ1v) is 3.96. The lowest BCUT2D eigenvalue weighted by Crippen LogP contribution is -2.13. The number of phenols is 1. The summed E-state index contributed by atoms with van der Waals surface area (Å²) in [5, 5.41) is 18.3. The molecule has 0 radical (unpaired) electrons. The molecule has 0 bridgehead atoms. The number of hydrogen-bond acceptors (Lipinski definition) is 4. The van der Waals surface area contributed by atoms with Crippen molar-refractivity contribution in [3.05, 3.63) is 23.8 Å². The number of hydroxylamine groups is 1. The number of phenolic OH excluding ortho intramolecular Hbond substituents is 1. The first kappa shape index (κ1) is 9.83. The van der Waals surface area contributed by atoms with Gasteiger partial charge >= 0.3 is 0 Å². The van der Waals surface area contributed by atoms with E-state index >= 15 is 0 Å². The molecule has 1 unspecified atom stereocenters. The molecule has 4 heteroatoms. The van der Waals surface area contributed by atoms with Gasteiger partial charge in [0.05, 0.1) is 13.2 Å². The third kappa shape index (κ3) is 1.91. The average molecular weight is 183 g/mol. The maximum atomic E-state index is 9.61. The summed E-state index contributed by atoms with van der Waals surface area (Å²) in [6.07, 6.45) is 0. The van der Waals surface area contributed by atoms with Crippen LogP contribution in [0.5, 0.6) is 11.5 Å². The topological polar surface area (TPSA) is 61.7 Å². The second-order valence-electron chi connectivity index (χ2n) is 2.75. The van der Waals surface area contributed by atoms with Crippen LogP contribution in [0.3, 0.4) is 0 Å². The van der Waals surface area contributed by atoms with Crippen LogP contribution in [-0.4, -0.2) is 17.4 Å². The number of benzene rings is 1. The highest BCUT2D eigenvalue weighted by Gasteiger charge is 2.12. The molecule has 1 aromatic carbocycles. The highest BCUT2D eigenvalue weighted by Crippen LogP contribution is 2.32. The Morgan fingerprint density at radius 3 is 2.69 bits per heavy atom. The van der Waals surface area contributed by atoms with Crippen LogP contribution >= 0.6 is 0 Å². The molecule has 4 nitrogen and oxygen atoms in total. The maximum absolute atomic E-state index is 9.61. The zero-order chi connectivity index (χ0) is 9.84. The molecule has 0 aromatic heterocycles. The normalized spacial score (nSPS) is 12.5. The van der Waals surface area contributed by atoms with E-state index in [0.29, 0.717) is 11.3 Å². The van der Waals surface area contributed by atoms with Gasteiger partial charge < -0.3 is 15.1 Å². The van der Waals surface area contributed by atoms with Crippen molar-refractivity contribution in [2.45, 2.75) is 13.0 Å². The van der Waals surface area contributed by atoms with Crippen molar-refractivity contribution in [1.82, 2.24) is 5.48 Å². The van der Waals surface area contributed by atoms with E-state index in [-0.39, 0.29) is 11.8 Å². The van der Waals surface area contributed by atoms with Crippen molar-refractivity contribution in [3.63, 3.8) is 0 Å². The van der Waals surface area contributed by atoms with Gasteiger partial charge in [-0.2, -0.15) is 5.48 Å². The molecule has 0 aliphatic carbocycles. The molecule has 1 atom stereocenters. The van der Waals surface area contributed by atoms with Crippen molar-refractivity contribution in [2.75, 3.05) is 7.11 Å². The molecule has 0 saturated carbocycles. The third-order valence-corrected chi connectivity index (χ3v) is 1.91. The molecular weight excluding hydrogens is 170 g/mol.